The topological polar surface area (TPSA) is 26.3 Å². The standard InChI is InChI=1S/C18H17F3O2/c1-12(2)17(22)14-6-8-16(9-7-14)23-11-13-4-3-5-15(10-13)18(19,20)21/h3-10,12H,11H2,1-2H3. The minimum Gasteiger partial charge on any atom is -0.489 e. The molecule has 0 spiro atoms. The van der Waals surface area contributed by atoms with Gasteiger partial charge in [0.25, 0.3) is 0 Å². The predicted molar refractivity (Wildman–Crippen MR) is 81.4 cm³/mol. The van der Waals surface area contributed by atoms with Gasteiger partial charge < -0.3 is 4.74 Å². The summed E-state index contributed by atoms with van der Waals surface area (Å²) in [6, 6.07) is 11.6. The molecule has 0 aliphatic carbocycles. The van der Waals surface area contributed by atoms with Crippen LogP contribution < -0.4 is 4.74 Å². The van der Waals surface area contributed by atoms with Crippen LogP contribution in [0.4, 0.5) is 13.2 Å². The third-order valence-electron chi connectivity index (χ3n) is 3.32. The summed E-state index contributed by atoms with van der Waals surface area (Å²) < 4.78 is 43.4. The molecule has 2 nitrogen and oxygen atoms in total. The normalized spacial score (nSPS) is 11.6. The minimum absolute atomic E-state index is 0.0292. The molecule has 5 heteroatoms. The van der Waals surface area contributed by atoms with Crippen molar-refractivity contribution in [3.8, 4) is 5.75 Å². The molecule has 2 aromatic carbocycles. The number of hydrogen-bond acceptors (Lipinski definition) is 2. The van der Waals surface area contributed by atoms with Crippen LogP contribution in [0.15, 0.2) is 48.5 Å². The van der Waals surface area contributed by atoms with Crippen molar-refractivity contribution in [1.29, 1.82) is 0 Å². The van der Waals surface area contributed by atoms with Gasteiger partial charge in [-0.05, 0) is 42.0 Å². The second-order valence-electron chi connectivity index (χ2n) is 5.53. The van der Waals surface area contributed by atoms with E-state index in [-0.39, 0.29) is 18.3 Å². The number of hydrogen-bond donors (Lipinski definition) is 0. The lowest BCUT2D eigenvalue weighted by Gasteiger charge is -2.10. The Balaban J connectivity index is 2.03. The van der Waals surface area contributed by atoms with Gasteiger partial charge in [0.2, 0.25) is 0 Å². The molecule has 2 aromatic rings. The van der Waals surface area contributed by atoms with Crippen molar-refractivity contribution in [3.63, 3.8) is 0 Å². The fourth-order valence-corrected chi connectivity index (χ4v) is 2.05. The summed E-state index contributed by atoms with van der Waals surface area (Å²) in [4.78, 5) is 11.8. The van der Waals surface area contributed by atoms with E-state index in [0.29, 0.717) is 16.9 Å². The van der Waals surface area contributed by atoms with E-state index in [1.54, 1.807) is 30.3 Å². The van der Waals surface area contributed by atoms with Crippen LogP contribution in [0.5, 0.6) is 5.75 Å². The molecule has 2 rings (SSSR count). The molecule has 0 unspecified atom stereocenters. The van der Waals surface area contributed by atoms with Crippen molar-refractivity contribution in [3.05, 3.63) is 65.2 Å². The number of rotatable bonds is 5. The molecule has 0 amide bonds. The SMILES string of the molecule is CC(C)C(=O)c1ccc(OCc2cccc(C(F)(F)F)c2)cc1. The van der Waals surface area contributed by atoms with Gasteiger partial charge in [-0.25, -0.2) is 0 Å². The molecule has 0 fully saturated rings. The number of ketones is 1. The molecule has 0 aliphatic heterocycles. The Hall–Kier alpha value is -2.30. The van der Waals surface area contributed by atoms with Gasteiger partial charge in [-0.3, -0.25) is 4.79 Å². The zero-order valence-electron chi connectivity index (χ0n) is 12.9. The molecule has 122 valence electrons. The highest BCUT2D eigenvalue weighted by Crippen LogP contribution is 2.29. The minimum atomic E-state index is -4.37. The molecule has 0 N–H and O–H groups in total. The summed E-state index contributed by atoms with van der Waals surface area (Å²) >= 11 is 0. The molecule has 0 saturated heterocycles. The van der Waals surface area contributed by atoms with Crippen molar-refractivity contribution < 1.29 is 22.7 Å². The summed E-state index contributed by atoms with van der Waals surface area (Å²) in [5.41, 5.74) is 0.324. The van der Waals surface area contributed by atoms with Gasteiger partial charge in [-0.1, -0.05) is 26.0 Å². The summed E-state index contributed by atoms with van der Waals surface area (Å²) in [7, 11) is 0. The maximum Gasteiger partial charge on any atom is 0.416 e. The second-order valence-corrected chi connectivity index (χ2v) is 5.53. The molecule has 23 heavy (non-hydrogen) atoms. The number of ether oxygens (including phenoxy) is 1. The van der Waals surface area contributed by atoms with Crippen LogP contribution in [0, 0.1) is 5.92 Å². The first kappa shape index (κ1) is 17.1. The van der Waals surface area contributed by atoms with E-state index in [2.05, 4.69) is 0 Å². The van der Waals surface area contributed by atoms with Gasteiger partial charge in [0.05, 0.1) is 5.56 Å². The Kier molecular flexibility index (Phi) is 5.08. The first-order chi connectivity index (χ1) is 10.8. The van der Waals surface area contributed by atoms with E-state index >= 15 is 0 Å². The van der Waals surface area contributed by atoms with Crippen molar-refractivity contribution in [2.24, 2.45) is 5.92 Å². The van der Waals surface area contributed by atoms with Crippen LogP contribution in [0.25, 0.3) is 0 Å². The zero-order chi connectivity index (χ0) is 17.0. The van der Waals surface area contributed by atoms with E-state index < -0.39 is 11.7 Å². The number of alkyl halides is 3. The van der Waals surface area contributed by atoms with Crippen LogP contribution in [-0.2, 0) is 12.8 Å². The summed E-state index contributed by atoms with van der Waals surface area (Å²) in [5.74, 6) is 0.448. The highest BCUT2D eigenvalue weighted by molar-refractivity contribution is 5.97. The molecule has 0 aromatic heterocycles. The van der Waals surface area contributed by atoms with Crippen LogP contribution >= 0.6 is 0 Å². The average Bonchev–Trinajstić information content (AvgIpc) is 2.52. The molecule has 0 bridgehead atoms. The molecule has 0 aliphatic rings. The Morgan fingerprint density at radius 2 is 1.74 bits per heavy atom. The van der Waals surface area contributed by atoms with Crippen LogP contribution in [0.3, 0.4) is 0 Å². The van der Waals surface area contributed by atoms with E-state index in [0.717, 1.165) is 12.1 Å². The second kappa shape index (κ2) is 6.86. The first-order valence-corrected chi connectivity index (χ1v) is 7.20. The maximum atomic E-state index is 12.6. The van der Waals surface area contributed by atoms with Gasteiger partial charge in [0.1, 0.15) is 12.4 Å². The third-order valence-corrected chi connectivity index (χ3v) is 3.32. The maximum absolute atomic E-state index is 12.6. The molecule has 0 radical (unpaired) electrons. The first-order valence-electron chi connectivity index (χ1n) is 7.20. The number of halogens is 3. The van der Waals surface area contributed by atoms with E-state index in [1.807, 2.05) is 13.8 Å². The quantitative estimate of drug-likeness (QED) is 0.714. The average molecular weight is 322 g/mol. The molecule has 0 heterocycles. The monoisotopic (exact) mass is 322 g/mol. The number of Topliss-reactive ketones (excluding diaryl/α,β-unsaturated/α-hetero) is 1. The summed E-state index contributed by atoms with van der Waals surface area (Å²) in [6.45, 7) is 3.67. The summed E-state index contributed by atoms with van der Waals surface area (Å²) in [6.07, 6.45) is -4.37. The summed E-state index contributed by atoms with van der Waals surface area (Å²) in [5, 5.41) is 0. The molecule has 0 atom stereocenters. The largest absolute Gasteiger partial charge is 0.489 e. The van der Waals surface area contributed by atoms with Crippen LogP contribution in [0.2, 0.25) is 0 Å². The predicted octanol–water partition coefficient (Wildman–Crippen LogP) is 5.12. The molecular formula is C18H17F3O2. The van der Waals surface area contributed by atoms with Gasteiger partial charge in [0, 0.05) is 11.5 Å². The van der Waals surface area contributed by atoms with E-state index in [4.69, 9.17) is 4.74 Å². The Labute approximate surface area is 132 Å². The van der Waals surface area contributed by atoms with Gasteiger partial charge in [-0.2, -0.15) is 13.2 Å². The number of carbonyl (C=O) groups is 1. The highest BCUT2D eigenvalue weighted by atomic mass is 19.4. The van der Waals surface area contributed by atoms with Gasteiger partial charge in [-0.15, -0.1) is 0 Å². The van der Waals surface area contributed by atoms with Crippen molar-refractivity contribution >= 4 is 5.78 Å². The third kappa shape index (κ3) is 4.58. The van der Waals surface area contributed by atoms with Gasteiger partial charge in [0.15, 0.2) is 5.78 Å². The molecule has 0 saturated carbocycles. The van der Waals surface area contributed by atoms with Crippen LogP contribution in [0.1, 0.15) is 35.3 Å². The Morgan fingerprint density at radius 3 is 2.30 bits per heavy atom. The van der Waals surface area contributed by atoms with E-state index in [9.17, 15) is 18.0 Å². The van der Waals surface area contributed by atoms with E-state index in [1.165, 1.54) is 6.07 Å². The fraction of sp³-hybridized carbons (Fsp3) is 0.278. The lowest BCUT2D eigenvalue weighted by molar-refractivity contribution is -0.137. The van der Waals surface area contributed by atoms with Crippen molar-refractivity contribution in [2.75, 3.05) is 0 Å². The van der Waals surface area contributed by atoms with Crippen LogP contribution in [-0.4, -0.2) is 5.78 Å². The number of benzene rings is 2. The lowest BCUT2D eigenvalue weighted by atomic mass is 10.0. The fourth-order valence-electron chi connectivity index (χ4n) is 2.05. The van der Waals surface area contributed by atoms with Crippen molar-refractivity contribution in [2.45, 2.75) is 26.6 Å². The highest BCUT2D eigenvalue weighted by Gasteiger charge is 2.30. The zero-order valence-corrected chi connectivity index (χ0v) is 12.9. The van der Waals surface area contributed by atoms with Gasteiger partial charge >= 0.3 is 6.18 Å². The van der Waals surface area contributed by atoms with Crippen molar-refractivity contribution in [1.82, 2.24) is 0 Å². The Morgan fingerprint density at radius 1 is 1.09 bits per heavy atom. The Bertz CT molecular complexity index is 673. The smallest absolute Gasteiger partial charge is 0.416 e. The number of carbonyl (C=O) groups excluding carboxylic acids is 1. The molecular weight excluding hydrogens is 305 g/mol. The lowest BCUT2D eigenvalue weighted by Crippen LogP contribution is -2.07.